The Hall–Kier alpha value is -2.53. The molecule has 0 bridgehead atoms. The highest BCUT2D eigenvalue weighted by Crippen LogP contribution is 2.25. The molecule has 0 spiro atoms. The second kappa shape index (κ2) is 10.1. The minimum Gasteiger partial charge on any atom is -0.497 e. The average molecular weight is 384 g/mol. The van der Waals surface area contributed by atoms with Crippen molar-refractivity contribution < 1.29 is 19.2 Å². The zero-order valence-electron chi connectivity index (χ0n) is 16.9. The lowest BCUT2D eigenvalue weighted by Gasteiger charge is -2.22. The number of carbonyl (C=O) groups is 1. The van der Waals surface area contributed by atoms with Crippen LogP contribution in [-0.4, -0.2) is 39.8 Å². The first-order valence-corrected chi connectivity index (χ1v) is 10.1. The van der Waals surface area contributed by atoms with E-state index in [2.05, 4.69) is 5.32 Å². The van der Waals surface area contributed by atoms with Gasteiger partial charge in [0.25, 0.3) is 5.91 Å². The number of carbonyl (C=O) groups excluding carboxylic acids is 1. The van der Waals surface area contributed by atoms with Gasteiger partial charge in [0.2, 0.25) is 0 Å². The Labute approximate surface area is 167 Å². The quantitative estimate of drug-likeness (QED) is 0.772. The Morgan fingerprint density at radius 3 is 1.75 bits per heavy atom. The van der Waals surface area contributed by atoms with E-state index in [-0.39, 0.29) is 11.9 Å². The molecule has 28 heavy (non-hydrogen) atoms. The molecule has 0 unspecified atom stereocenters. The molecule has 0 aliphatic carbocycles. The fourth-order valence-corrected chi connectivity index (χ4v) is 3.80. The molecule has 1 saturated heterocycles. The lowest BCUT2D eigenvalue weighted by Crippen LogP contribution is -3.13. The second-order valence-electron chi connectivity index (χ2n) is 7.39. The van der Waals surface area contributed by atoms with Gasteiger partial charge in [0, 0.05) is 0 Å². The molecule has 0 saturated carbocycles. The Balaban J connectivity index is 1.77. The first-order valence-electron chi connectivity index (χ1n) is 10.1. The molecule has 2 aromatic carbocycles. The molecule has 0 radical (unpaired) electrons. The topological polar surface area (TPSA) is 52.0 Å². The SMILES string of the molecule is COc1ccc(C(NC(=O)C[NH+]2CCCCCC2)c2ccc(OC)cc2)cc1. The first kappa shape index (κ1) is 20.2. The minimum absolute atomic E-state index is 0.0912. The summed E-state index contributed by atoms with van der Waals surface area (Å²) in [7, 11) is 3.31. The molecule has 0 aromatic heterocycles. The van der Waals surface area contributed by atoms with Crippen LogP contribution in [0.4, 0.5) is 0 Å². The maximum atomic E-state index is 12.8. The van der Waals surface area contributed by atoms with Crippen molar-refractivity contribution >= 4 is 5.91 Å². The van der Waals surface area contributed by atoms with Crippen LogP contribution in [-0.2, 0) is 4.79 Å². The number of nitrogens with one attached hydrogen (secondary N) is 2. The van der Waals surface area contributed by atoms with Gasteiger partial charge in [-0.3, -0.25) is 4.79 Å². The predicted octanol–water partition coefficient (Wildman–Crippen LogP) is 2.37. The van der Waals surface area contributed by atoms with Gasteiger partial charge < -0.3 is 19.7 Å². The molecule has 1 heterocycles. The number of hydrogen-bond donors (Lipinski definition) is 2. The molecular formula is C23H31N2O3+. The van der Waals surface area contributed by atoms with Gasteiger partial charge >= 0.3 is 0 Å². The molecule has 5 heteroatoms. The molecule has 1 aliphatic rings. The van der Waals surface area contributed by atoms with E-state index in [1.807, 2.05) is 48.5 Å². The number of hydrogen-bond acceptors (Lipinski definition) is 3. The molecule has 2 aromatic rings. The van der Waals surface area contributed by atoms with E-state index in [9.17, 15) is 4.79 Å². The van der Waals surface area contributed by atoms with Gasteiger partial charge in [0.05, 0.1) is 33.4 Å². The summed E-state index contributed by atoms with van der Waals surface area (Å²) in [5.41, 5.74) is 2.07. The largest absolute Gasteiger partial charge is 0.497 e. The number of amides is 1. The van der Waals surface area contributed by atoms with E-state index >= 15 is 0 Å². The minimum atomic E-state index is -0.198. The molecule has 2 N–H and O–H groups in total. The third-order valence-electron chi connectivity index (χ3n) is 5.42. The number of ether oxygens (including phenoxy) is 2. The monoisotopic (exact) mass is 383 g/mol. The molecule has 1 aliphatic heterocycles. The molecule has 0 atom stereocenters. The van der Waals surface area contributed by atoms with E-state index in [1.54, 1.807) is 14.2 Å². The summed E-state index contributed by atoms with van der Waals surface area (Å²) in [5.74, 6) is 1.70. The van der Waals surface area contributed by atoms with Crippen LogP contribution in [0.1, 0.15) is 42.9 Å². The third-order valence-corrected chi connectivity index (χ3v) is 5.42. The fraction of sp³-hybridized carbons (Fsp3) is 0.435. The number of rotatable bonds is 7. The molecule has 5 nitrogen and oxygen atoms in total. The Morgan fingerprint density at radius 2 is 1.32 bits per heavy atom. The van der Waals surface area contributed by atoms with E-state index in [0.717, 1.165) is 35.7 Å². The average Bonchev–Trinajstić information content (AvgIpc) is 3.01. The summed E-state index contributed by atoms with van der Waals surface area (Å²) in [6, 6.07) is 15.5. The summed E-state index contributed by atoms with van der Waals surface area (Å²) >= 11 is 0. The Morgan fingerprint density at radius 1 is 0.857 bits per heavy atom. The summed E-state index contributed by atoms with van der Waals surface area (Å²) in [5, 5.41) is 3.25. The summed E-state index contributed by atoms with van der Waals surface area (Å²) in [6.07, 6.45) is 4.99. The van der Waals surface area contributed by atoms with Gasteiger partial charge in [-0.25, -0.2) is 0 Å². The Kier molecular flexibility index (Phi) is 7.31. The summed E-state index contributed by atoms with van der Waals surface area (Å²) in [4.78, 5) is 14.2. The van der Waals surface area contributed by atoms with Gasteiger partial charge in [0.1, 0.15) is 11.5 Å². The van der Waals surface area contributed by atoms with Crippen molar-refractivity contribution in [2.24, 2.45) is 0 Å². The van der Waals surface area contributed by atoms with Crippen LogP contribution in [0.15, 0.2) is 48.5 Å². The predicted molar refractivity (Wildman–Crippen MR) is 110 cm³/mol. The Bertz CT molecular complexity index is 688. The molecule has 3 rings (SSSR count). The van der Waals surface area contributed by atoms with Crippen LogP contribution in [0.25, 0.3) is 0 Å². The maximum absolute atomic E-state index is 12.8. The van der Waals surface area contributed by atoms with Gasteiger partial charge in [0.15, 0.2) is 6.54 Å². The van der Waals surface area contributed by atoms with Crippen LogP contribution in [0.2, 0.25) is 0 Å². The van der Waals surface area contributed by atoms with Crippen LogP contribution >= 0.6 is 0 Å². The molecular weight excluding hydrogens is 352 g/mol. The summed E-state index contributed by atoms with van der Waals surface area (Å²) < 4.78 is 10.5. The van der Waals surface area contributed by atoms with Gasteiger partial charge in [-0.05, 0) is 61.1 Å². The van der Waals surface area contributed by atoms with Crippen LogP contribution < -0.4 is 19.7 Å². The standard InChI is InChI=1S/C23H30N2O3/c1-27-20-11-7-18(8-12-20)23(19-9-13-21(28-2)14-10-19)24-22(26)17-25-15-5-3-4-6-16-25/h7-14,23H,3-6,15-17H2,1-2H3,(H,24,26)/p+1. The van der Waals surface area contributed by atoms with Crippen molar-refractivity contribution in [3.63, 3.8) is 0 Å². The van der Waals surface area contributed by atoms with E-state index in [4.69, 9.17) is 9.47 Å². The number of methoxy groups -OCH3 is 2. The highest BCUT2D eigenvalue weighted by atomic mass is 16.5. The number of quaternary nitrogens is 1. The van der Waals surface area contributed by atoms with Crippen molar-refractivity contribution in [3.05, 3.63) is 59.7 Å². The van der Waals surface area contributed by atoms with Gasteiger partial charge in [-0.1, -0.05) is 24.3 Å². The second-order valence-corrected chi connectivity index (χ2v) is 7.39. The highest BCUT2D eigenvalue weighted by molar-refractivity contribution is 5.78. The van der Waals surface area contributed by atoms with Crippen molar-refractivity contribution in [1.29, 1.82) is 0 Å². The smallest absolute Gasteiger partial charge is 0.275 e. The van der Waals surface area contributed by atoms with E-state index in [0.29, 0.717) is 6.54 Å². The van der Waals surface area contributed by atoms with E-state index < -0.39 is 0 Å². The lowest BCUT2D eigenvalue weighted by molar-refractivity contribution is -0.891. The van der Waals surface area contributed by atoms with Crippen molar-refractivity contribution in [3.8, 4) is 11.5 Å². The molecule has 1 amide bonds. The van der Waals surface area contributed by atoms with Gasteiger partial charge in [-0.2, -0.15) is 0 Å². The van der Waals surface area contributed by atoms with Gasteiger partial charge in [-0.15, -0.1) is 0 Å². The highest BCUT2D eigenvalue weighted by Gasteiger charge is 2.21. The van der Waals surface area contributed by atoms with Crippen molar-refractivity contribution in [2.45, 2.75) is 31.7 Å². The zero-order valence-corrected chi connectivity index (χ0v) is 16.9. The van der Waals surface area contributed by atoms with Crippen LogP contribution in [0.3, 0.4) is 0 Å². The van der Waals surface area contributed by atoms with Crippen LogP contribution in [0.5, 0.6) is 11.5 Å². The summed E-state index contributed by atoms with van der Waals surface area (Å²) in [6.45, 7) is 2.70. The first-order chi connectivity index (χ1) is 13.7. The number of likely N-dealkylation sites (tertiary alicyclic amines) is 1. The fourth-order valence-electron chi connectivity index (χ4n) is 3.80. The molecule has 1 fully saturated rings. The zero-order chi connectivity index (χ0) is 19.8. The normalized spacial score (nSPS) is 15.1. The lowest BCUT2D eigenvalue weighted by atomic mass is 9.98. The third kappa shape index (κ3) is 5.49. The maximum Gasteiger partial charge on any atom is 0.275 e. The van der Waals surface area contributed by atoms with Crippen LogP contribution in [0, 0.1) is 0 Å². The van der Waals surface area contributed by atoms with E-state index in [1.165, 1.54) is 30.6 Å². The molecule has 150 valence electrons. The number of benzene rings is 2. The van der Waals surface area contributed by atoms with Crippen molar-refractivity contribution in [2.75, 3.05) is 33.9 Å². The van der Waals surface area contributed by atoms with Crippen molar-refractivity contribution in [1.82, 2.24) is 5.32 Å².